The average molecular weight is 412 g/mol. The Labute approximate surface area is 172 Å². The second-order valence-corrected chi connectivity index (χ2v) is 7.77. The molecule has 0 amide bonds. The van der Waals surface area contributed by atoms with Gasteiger partial charge >= 0.3 is 0 Å². The van der Waals surface area contributed by atoms with Crippen molar-refractivity contribution in [3.8, 4) is 16.9 Å². The fraction of sp³-hybridized carbons (Fsp3) is 0.273. The number of nitrogens with one attached hydrogen (secondary N) is 1. The SMILES string of the molecule is NC1CCc2nc[nH]c(=O)c2C1Cc1cc(OSCF)cc(-c2ccccc2)c1. The molecule has 1 aliphatic carbocycles. The van der Waals surface area contributed by atoms with Gasteiger partial charge in [-0.1, -0.05) is 36.4 Å². The highest BCUT2D eigenvalue weighted by atomic mass is 32.2. The second-order valence-electron chi connectivity index (χ2n) is 7.15. The van der Waals surface area contributed by atoms with Crippen LogP contribution in [0.5, 0.6) is 5.75 Å². The van der Waals surface area contributed by atoms with Gasteiger partial charge in [0.05, 0.1) is 24.1 Å². The average Bonchev–Trinajstić information content (AvgIpc) is 2.75. The van der Waals surface area contributed by atoms with Gasteiger partial charge in [-0.15, -0.1) is 0 Å². The Kier molecular flexibility index (Phi) is 5.97. The lowest BCUT2D eigenvalue weighted by Gasteiger charge is -2.29. The molecule has 150 valence electrons. The van der Waals surface area contributed by atoms with Crippen molar-refractivity contribution in [2.75, 3.05) is 6.01 Å². The highest BCUT2D eigenvalue weighted by molar-refractivity contribution is 7.94. The van der Waals surface area contributed by atoms with E-state index < -0.39 is 6.01 Å². The standard InChI is InChI=1S/C22H22FN3O2S/c23-12-29-28-17-9-14(8-16(11-17)15-4-2-1-3-5-15)10-18-19(24)6-7-20-21(18)22(27)26-13-25-20/h1-5,8-9,11,13,18-19H,6-7,10,12,24H2,(H,25,26,27). The van der Waals surface area contributed by atoms with Gasteiger partial charge < -0.3 is 14.9 Å². The Balaban J connectivity index is 1.72. The molecule has 0 saturated heterocycles. The summed E-state index contributed by atoms with van der Waals surface area (Å²) in [7, 11) is 0. The van der Waals surface area contributed by atoms with Crippen LogP contribution in [0.4, 0.5) is 4.39 Å². The Hall–Kier alpha value is -2.64. The molecule has 0 saturated carbocycles. The van der Waals surface area contributed by atoms with Crippen LogP contribution in [0.2, 0.25) is 0 Å². The summed E-state index contributed by atoms with van der Waals surface area (Å²) in [5.74, 6) is 0.442. The lowest BCUT2D eigenvalue weighted by Crippen LogP contribution is -2.38. The van der Waals surface area contributed by atoms with Gasteiger partial charge in [-0.2, -0.15) is 0 Å². The van der Waals surface area contributed by atoms with E-state index in [1.165, 1.54) is 6.33 Å². The maximum atomic E-state index is 12.6. The topological polar surface area (TPSA) is 81.0 Å². The number of alkyl halides is 1. The van der Waals surface area contributed by atoms with Gasteiger partial charge in [-0.25, -0.2) is 9.37 Å². The maximum absolute atomic E-state index is 12.6. The fourth-order valence-electron chi connectivity index (χ4n) is 3.97. The Morgan fingerprint density at radius 2 is 2.03 bits per heavy atom. The molecule has 1 heterocycles. The summed E-state index contributed by atoms with van der Waals surface area (Å²) in [6.45, 7) is 0. The molecule has 0 bridgehead atoms. The lowest BCUT2D eigenvalue weighted by molar-refractivity contribution is 0.455. The predicted octanol–water partition coefficient (Wildman–Crippen LogP) is 3.99. The summed E-state index contributed by atoms with van der Waals surface area (Å²) < 4.78 is 18.1. The van der Waals surface area contributed by atoms with Gasteiger partial charge in [0.15, 0.2) is 6.01 Å². The van der Waals surface area contributed by atoms with Crippen molar-refractivity contribution in [2.45, 2.75) is 31.2 Å². The first kappa shape index (κ1) is 19.7. The molecule has 0 aliphatic heterocycles. The summed E-state index contributed by atoms with van der Waals surface area (Å²) in [5, 5.41) is 0. The third kappa shape index (κ3) is 4.36. The number of nitrogens with zero attached hydrogens (tertiary/aromatic N) is 1. The number of aromatic amines is 1. The van der Waals surface area contributed by atoms with Gasteiger partial charge in [-0.3, -0.25) is 4.79 Å². The fourth-order valence-corrected chi connectivity index (χ4v) is 4.25. The molecule has 0 fully saturated rings. The van der Waals surface area contributed by atoms with Crippen LogP contribution >= 0.6 is 12.0 Å². The van der Waals surface area contributed by atoms with Crippen LogP contribution in [0.25, 0.3) is 11.1 Å². The number of H-pyrrole nitrogens is 1. The molecule has 29 heavy (non-hydrogen) atoms. The molecule has 2 aromatic carbocycles. The number of benzene rings is 2. The van der Waals surface area contributed by atoms with Crippen LogP contribution in [0.3, 0.4) is 0 Å². The van der Waals surface area contributed by atoms with Crippen LogP contribution in [-0.4, -0.2) is 22.0 Å². The van der Waals surface area contributed by atoms with E-state index in [-0.39, 0.29) is 17.5 Å². The molecule has 5 nitrogen and oxygen atoms in total. The summed E-state index contributed by atoms with van der Waals surface area (Å²) >= 11 is 0.755. The molecule has 2 unspecified atom stereocenters. The van der Waals surface area contributed by atoms with Crippen LogP contribution in [0, 0.1) is 0 Å². The number of hydrogen-bond acceptors (Lipinski definition) is 5. The molecule has 7 heteroatoms. The Morgan fingerprint density at radius 1 is 1.21 bits per heavy atom. The molecule has 0 spiro atoms. The summed E-state index contributed by atoms with van der Waals surface area (Å²) in [4.78, 5) is 19.5. The molecular weight excluding hydrogens is 389 g/mol. The number of hydrogen-bond donors (Lipinski definition) is 2. The number of aromatic nitrogens is 2. The van der Waals surface area contributed by atoms with E-state index in [2.05, 4.69) is 16.0 Å². The quantitative estimate of drug-likeness (QED) is 0.600. The molecule has 0 radical (unpaired) electrons. The van der Waals surface area contributed by atoms with E-state index in [9.17, 15) is 9.18 Å². The van der Waals surface area contributed by atoms with E-state index in [1.807, 2.05) is 42.5 Å². The first-order valence-corrected chi connectivity index (χ1v) is 10.4. The summed E-state index contributed by atoms with van der Waals surface area (Å²) in [5.41, 5.74) is 10.8. The van der Waals surface area contributed by atoms with E-state index in [4.69, 9.17) is 9.92 Å². The number of halogens is 1. The predicted molar refractivity (Wildman–Crippen MR) is 114 cm³/mol. The zero-order chi connectivity index (χ0) is 20.2. The Bertz CT molecular complexity index is 1040. The lowest BCUT2D eigenvalue weighted by atomic mass is 9.78. The normalized spacial score (nSPS) is 18.3. The largest absolute Gasteiger partial charge is 0.423 e. The highest BCUT2D eigenvalue weighted by Crippen LogP contribution is 2.34. The zero-order valence-corrected chi connectivity index (χ0v) is 16.6. The maximum Gasteiger partial charge on any atom is 0.254 e. The number of rotatable bonds is 6. The van der Waals surface area contributed by atoms with E-state index in [1.54, 1.807) is 0 Å². The second kappa shape index (κ2) is 8.80. The van der Waals surface area contributed by atoms with Crippen molar-refractivity contribution in [3.63, 3.8) is 0 Å². The van der Waals surface area contributed by atoms with Crippen molar-refractivity contribution >= 4 is 12.0 Å². The molecular formula is C22H22FN3O2S. The van der Waals surface area contributed by atoms with Gasteiger partial charge in [0.1, 0.15) is 5.75 Å². The minimum Gasteiger partial charge on any atom is -0.423 e. The molecule has 1 aliphatic rings. The van der Waals surface area contributed by atoms with Crippen LogP contribution in [0.15, 0.2) is 59.7 Å². The van der Waals surface area contributed by atoms with E-state index in [0.29, 0.717) is 24.2 Å². The molecule has 3 aromatic rings. The van der Waals surface area contributed by atoms with Crippen LogP contribution in [-0.2, 0) is 12.8 Å². The van der Waals surface area contributed by atoms with Crippen molar-refractivity contribution in [1.82, 2.24) is 9.97 Å². The summed E-state index contributed by atoms with van der Waals surface area (Å²) in [6, 6.07) is 15.0. The molecule has 2 atom stereocenters. The monoisotopic (exact) mass is 411 g/mol. The third-order valence-electron chi connectivity index (χ3n) is 5.30. The molecule has 1 aromatic heterocycles. The zero-order valence-electron chi connectivity index (χ0n) is 15.8. The first-order valence-electron chi connectivity index (χ1n) is 9.52. The van der Waals surface area contributed by atoms with Gasteiger partial charge in [0.2, 0.25) is 0 Å². The summed E-state index contributed by atoms with van der Waals surface area (Å²) in [6.07, 6.45) is 3.53. The number of nitrogens with two attached hydrogens (primary N) is 1. The highest BCUT2D eigenvalue weighted by Gasteiger charge is 2.30. The first-order chi connectivity index (χ1) is 14.2. The minimum absolute atomic E-state index is 0.126. The smallest absolute Gasteiger partial charge is 0.254 e. The van der Waals surface area contributed by atoms with Crippen LogP contribution in [0.1, 0.15) is 29.2 Å². The van der Waals surface area contributed by atoms with Crippen molar-refractivity contribution in [1.29, 1.82) is 0 Å². The minimum atomic E-state index is -0.632. The van der Waals surface area contributed by atoms with Crippen molar-refractivity contribution < 1.29 is 8.57 Å². The van der Waals surface area contributed by atoms with E-state index >= 15 is 0 Å². The van der Waals surface area contributed by atoms with Gasteiger partial charge in [0, 0.05) is 17.5 Å². The van der Waals surface area contributed by atoms with Gasteiger partial charge in [0.25, 0.3) is 5.56 Å². The number of aryl methyl sites for hydroxylation is 1. The van der Waals surface area contributed by atoms with Crippen LogP contribution < -0.4 is 15.5 Å². The van der Waals surface area contributed by atoms with Crippen molar-refractivity contribution in [3.05, 3.63) is 82.0 Å². The number of fused-ring (bicyclic) bond motifs is 1. The molecule has 4 rings (SSSR count). The van der Waals surface area contributed by atoms with E-state index in [0.717, 1.165) is 40.8 Å². The van der Waals surface area contributed by atoms with Gasteiger partial charge in [-0.05, 0) is 48.1 Å². The third-order valence-corrected chi connectivity index (χ3v) is 5.70. The van der Waals surface area contributed by atoms with Crippen molar-refractivity contribution in [2.24, 2.45) is 5.73 Å². The Morgan fingerprint density at radius 3 is 2.83 bits per heavy atom. The molecule has 3 N–H and O–H groups in total.